The topological polar surface area (TPSA) is 62.7 Å². The maximum absolute atomic E-state index is 11.2. The maximum Gasteiger partial charge on any atom is 0.305 e. The summed E-state index contributed by atoms with van der Waals surface area (Å²) in [6.45, 7) is 6.59. The first-order valence-electron chi connectivity index (χ1n) is 9.34. The highest BCUT2D eigenvalue weighted by Gasteiger charge is 2.29. The summed E-state index contributed by atoms with van der Waals surface area (Å²) in [4.78, 5) is 15.5. The van der Waals surface area contributed by atoms with Crippen LogP contribution in [0.2, 0.25) is 0 Å². The van der Waals surface area contributed by atoms with Crippen LogP contribution in [-0.4, -0.2) is 49.2 Å². The predicted molar refractivity (Wildman–Crippen MR) is 104 cm³/mol. The minimum atomic E-state index is -0.0665. The molecular formula is C18H35N3O2S. The van der Waals surface area contributed by atoms with Crippen LogP contribution in [0, 0.1) is 0 Å². The number of carbonyl (C=O) groups is 1. The number of nitrogens with one attached hydrogen (secondary N) is 2. The Balaban J connectivity index is 1.98. The Labute approximate surface area is 151 Å². The van der Waals surface area contributed by atoms with E-state index in [1.807, 2.05) is 14.0 Å². The molecule has 1 atom stereocenters. The number of nitrogens with zero attached hydrogens (tertiary/aromatic N) is 1. The van der Waals surface area contributed by atoms with Gasteiger partial charge >= 0.3 is 5.97 Å². The fourth-order valence-corrected chi connectivity index (χ4v) is 4.08. The van der Waals surface area contributed by atoms with E-state index in [1.54, 1.807) is 0 Å². The third-order valence-electron chi connectivity index (χ3n) is 4.31. The minimum Gasteiger partial charge on any atom is -0.466 e. The van der Waals surface area contributed by atoms with E-state index in [-0.39, 0.29) is 5.97 Å². The average molecular weight is 358 g/mol. The zero-order chi connectivity index (χ0) is 17.7. The van der Waals surface area contributed by atoms with E-state index < -0.39 is 0 Å². The van der Waals surface area contributed by atoms with Crippen molar-refractivity contribution < 1.29 is 9.53 Å². The first-order valence-corrected chi connectivity index (χ1v) is 10.3. The Morgan fingerprint density at radius 1 is 1.21 bits per heavy atom. The summed E-state index contributed by atoms with van der Waals surface area (Å²) in [6.07, 6.45) is 8.68. The average Bonchev–Trinajstić information content (AvgIpc) is 3.00. The van der Waals surface area contributed by atoms with Crippen molar-refractivity contribution in [2.24, 2.45) is 4.99 Å². The van der Waals surface area contributed by atoms with Crippen molar-refractivity contribution in [1.82, 2.24) is 10.6 Å². The molecule has 1 saturated heterocycles. The van der Waals surface area contributed by atoms with E-state index in [9.17, 15) is 4.79 Å². The van der Waals surface area contributed by atoms with Gasteiger partial charge in [-0.2, -0.15) is 11.8 Å². The molecule has 0 aromatic rings. The van der Waals surface area contributed by atoms with Gasteiger partial charge in [-0.25, -0.2) is 0 Å². The van der Waals surface area contributed by atoms with Gasteiger partial charge in [-0.15, -0.1) is 0 Å². The van der Waals surface area contributed by atoms with Crippen LogP contribution in [0.25, 0.3) is 0 Å². The molecule has 24 heavy (non-hydrogen) atoms. The lowest BCUT2D eigenvalue weighted by Crippen LogP contribution is -2.43. The number of ether oxygens (including phenoxy) is 1. The number of carbonyl (C=O) groups excluding carboxylic acids is 1. The quantitative estimate of drug-likeness (QED) is 0.257. The van der Waals surface area contributed by atoms with Gasteiger partial charge in [0, 0.05) is 31.3 Å². The molecule has 0 saturated carbocycles. The Morgan fingerprint density at radius 2 is 1.96 bits per heavy atom. The van der Waals surface area contributed by atoms with Crippen molar-refractivity contribution in [1.29, 1.82) is 0 Å². The number of rotatable bonds is 11. The van der Waals surface area contributed by atoms with E-state index in [0.717, 1.165) is 38.3 Å². The number of guanidine groups is 1. The summed E-state index contributed by atoms with van der Waals surface area (Å²) in [5.74, 6) is 2.12. The second kappa shape index (κ2) is 12.5. The lowest BCUT2D eigenvalue weighted by molar-refractivity contribution is -0.143. The van der Waals surface area contributed by atoms with Crippen LogP contribution in [0.4, 0.5) is 0 Å². The molecule has 2 N–H and O–H groups in total. The molecule has 0 radical (unpaired) electrons. The molecule has 1 unspecified atom stereocenters. The number of esters is 1. The fraction of sp³-hybridized carbons (Fsp3) is 0.889. The summed E-state index contributed by atoms with van der Waals surface area (Å²) in [6, 6.07) is 0. The zero-order valence-corrected chi connectivity index (χ0v) is 16.5. The Bertz CT molecular complexity index is 382. The monoisotopic (exact) mass is 357 g/mol. The molecule has 0 aromatic heterocycles. The van der Waals surface area contributed by atoms with Crippen LogP contribution in [0.3, 0.4) is 0 Å². The summed E-state index contributed by atoms with van der Waals surface area (Å²) in [7, 11) is 1.83. The molecule has 0 aliphatic carbocycles. The number of unbranched alkanes of at least 4 members (excludes halogenated alkanes) is 4. The highest BCUT2D eigenvalue weighted by Crippen LogP contribution is 2.36. The van der Waals surface area contributed by atoms with E-state index in [2.05, 4.69) is 34.3 Å². The molecule has 0 spiro atoms. The van der Waals surface area contributed by atoms with Gasteiger partial charge in [0.1, 0.15) is 0 Å². The number of aliphatic imine (C=N–C) groups is 1. The molecule has 140 valence electrons. The normalized spacial score (nSPS) is 20.9. The standard InChI is InChI=1S/C18H35N3O2S/c1-4-23-16(22)11-8-6-5-7-9-13-20-17(19-3)21-15-18(2)12-10-14-24-18/h4-15H2,1-3H3,(H2,19,20,21). The van der Waals surface area contributed by atoms with Crippen LogP contribution in [0.1, 0.15) is 65.2 Å². The first-order chi connectivity index (χ1) is 11.6. The number of hydrogen-bond acceptors (Lipinski definition) is 4. The lowest BCUT2D eigenvalue weighted by Gasteiger charge is -2.24. The lowest BCUT2D eigenvalue weighted by atomic mass is 10.1. The van der Waals surface area contributed by atoms with Gasteiger partial charge in [-0.3, -0.25) is 9.79 Å². The van der Waals surface area contributed by atoms with E-state index >= 15 is 0 Å². The van der Waals surface area contributed by atoms with E-state index in [1.165, 1.54) is 31.4 Å². The van der Waals surface area contributed by atoms with Gasteiger partial charge in [0.15, 0.2) is 5.96 Å². The van der Waals surface area contributed by atoms with Gasteiger partial charge < -0.3 is 15.4 Å². The largest absolute Gasteiger partial charge is 0.466 e. The molecule has 1 aliphatic heterocycles. The third-order valence-corrected chi connectivity index (χ3v) is 5.85. The highest BCUT2D eigenvalue weighted by atomic mass is 32.2. The van der Waals surface area contributed by atoms with Crippen LogP contribution in [-0.2, 0) is 9.53 Å². The van der Waals surface area contributed by atoms with Crippen molar-refractivity contribution in [3.63, 3.8) is 0 Å². The number of thioether (sulfide) groups is 1. The number of hydrogen-bond donors (Lipinski definition) is 2. The van der Waals surface area contributed by atoms with Gasteiger partial charge in [0.05, 0.1) is 6.61 Å². The Morgan fingerprint density at radius 3 is 2.62 bits per heavy atom. The molecule has 5 nitrogen and oxygen atoms in total. The molecule has 1 heterocycles. The molecular weight excluding hydrogens is 322 g/mol. The molecule has 1 fully saturated rings. The Hall–Kier alpha value is -0.910. The molecule has 0 bridgehead atoms. The predicted octanol–water partition coefficient (Wildman–Crippen LogP) is 3.34. The molecule has 1 rings (SSSR count). The van der Waals surface area contributed by atoms with Crippen molar-refractivity contribution in [3.05, 3.63) is 0 Å². The second-order valence-electron chi connectivity index (χ2n) is 6.58. The van der Waals surface area contributed by atoms with Gasteiger partial charge in [0.2, 0.25) is 0 Å². The van der Waals surface area contributed by atoms with Gasteiger partial charge in [-0.05, 0) is 45.3 Å². The summed E-state index contributed by atoms with van der Waals surface area (Å²) < 4.78 is 5.28. The van der Waals surface area contributed by atoms with Crippen LogP contribution >= 0.6 is 11.8 Å². The van der Waals surface area contributed by atoms with E-state index in [4.69, 9.17) is 4.74 Å². The SMILES string of the molecule is CCOC(=O)CCCCCCCNC(=NC)NCC1(C)CCCS1. The smallest absolute Gasteiger partial charge is 0.305 e. The molecule has 0 aromatic carbocycles. The molecule has 1 aliphatic rings. The highest BCUT2D eigenvalue weighted by molar-refractivity contribution is 8.00. The van der Waals surface area contributed by atoms with Crippen LogP contribution < -0.4 is 10.6 Å². The summed E-state index contributed by atoms with van der Waals surface area (Å²) in [5.41, 5.74) is 0. The minimum absolute atomic E-state index is 0.0665. The third kappa shape index (κ3) is 9.40. The fourth-order valence-electron chi connectivity index (χ4n) is 2.83. The summed E-state index contributed by atoms with van der Waals surface area (Å²) >= 11 is 2.06. The van der Waals surface area contributed by atoms with Crippen LogP contribution in [0.15, 0.2) is 4.99 Å². The van der Waals surface area contributed by atoms with Crippen molar-refractivity contribution in [2.45, 2.75) is 70.0 Å². The van der Waals surface area contributed by atoms with Crippen molar-refractivity contribution in [2.75, 3.05) is 32.5 Å². The Kier molecular flexibility index (Phi) is 11.0. The zero-order valence-electron chi connectivity index (χ0n) is 15.7. The van der Waals surface area contributed by atoms with Crippen molar-refractivity contribution >= 4 is 23.7 Å². The first kappa shape index (κ1) is 21.1. The van der Waals surface area contributed by atoms with Crippen molar-refractivity contribution in [3.8, 4) is 0 Å². The van der Waals surface area contributed by atoms with E-state index in [0.29, 0.717) is 17.8 Å². The van der Waals surface area contributed by atoms with Crippen LogP contribution in [0.5, 0.6) is 0 Å². The van der Waals surface area contributed by atoms with Gasteiger partial charge in [-0.1, -0.05) is 19.3 Å². The molecule has 6 heteroatoms. The summed E-state index contributed by atoms with van der Waals surface area (Å²) in [5, 5.41) is 6.85. The maximum atomic E-state index is 11.2. The second-order valence-corrected chi connectivity index (χ2v) is 8.26. The van der Waals surface area contributed by atoms with Gasteiger partial charge in [0.25, 0.3) is 0 Å². The molecule has 0 amide bonds.